The quantitative estimate of drug-likeness (QED) is 0.151. The van der Waals surface area contributed by atoms with Gasteiger partial charge in [0.1, 0.15) is 0 Å². The zero-order valence-corrected chi connectivity index (χ0v) is 31.5. The van der Waals surface area contributed by atoms with Crippen molar-refractivity contribution in [3.8, 4) is 55.6 Å². The lowest BCUT2D eigenvalue weighted by atomic mass is 9.91. The molecule has 57 heavy (non-hydrogen) atoms. The Hall–Kier alpha value is -7.48. The van der Waals surface area contributed by atoms with Crippen LogP contribution in [0.4, 0.5) is 17.1 Å². The van der Waals surface area contributed by atoms with E-state index in [-0.39, 0.29) is 0 Å². The molecule has 0 radical (unpaired) electrons. The predicted molar refractivity (Wildman–Crippen MR) is 243 cm³/mol. The van der Waals surface area contributed by atoms with Gasteiger partial charge in [0.15, 0.2) is 0 Å². The number of hydrogen-bond acceptors (Lipinski definition) is 1. The van der Waals surface area contributed by atoms with Crippen LogP contribution in [0.25, 0.3) is 77.2 Å². The van der Waals surface area contributed by atoms with E-state index in [4.69, 9.17) is 0 Å². The summed E-state index contributed by atoms with van der Waals surface area (Å²) in [7, 11) is 0. The van der Waals surface area contributed by atoms with Gasteiger partial charge >= 0.3 is 0 Å². The van der Waals surface area contributed by atoms with Crippen LogP contribution in [0.3, 0.4) is 0 Å². The highest BCUT2D eigenvalue weighted by atomic mass is 15.1. The van der Waals surface area contributed by atoms with Crippen LogP contribution in [-0.2, 0) is 0 Å². The maximum absolute atomic E-state index is 2.36. The Balaban J connectivity index is 1.05. The molecule has 0 amide bonds. The van der Waals surface area contributed by atoms with Crippen LogP contribution < -0.4 is 4.90 Å². The minimum atomic E-state index is 1.09. The zero-order valence-electron chi connectivity index (χ0n) is 31.5. The Bertz CT molecular complexity index is 2840. The molecular weight excluding hydrogens is 687 g/mol. The van der Waals surface area contributed by atoms with E-state index in [1.807, 2.05) is 0 Å². The van der Waals surface area contributed by atoms with E-state index in [1.165, 1.54) is 77.2 Å². The second kappa shape index (κ2) is 15.0. The molecule has 0 spiro atoms. The molecule has 10 aromatic carbocycles. The number of hydrogen-bond donors (Lipinski definition) is 0. The van der Waals surface area contributed by atoms with Gasteiger partial charge in [0.25, 0.3) is 0 Å². The Labute approximate surface area is 334 Å². The number of benzene rings is 10. The molecule has 0 aromatic heterocycles. The van der Waals surface area contributed by atoms with E-state index in [9.17, 15) is 0 Å². The molecule has 1 heteroatoms. The average molecular weight is 726 g/mol. The van der Waals surface area contributed by atoms with E-state index in [2.05, 4.69) is 241 Å². The molecule has 0 heterocycles. The molecule has 0 fully saturated rings. The fourth-order valence-electron chi connectivity index (χ4n) is 8.04. The van der Waals surface area contributed by atoms with Crippen molar-refractivity contribution in [1.29, 1.82) is 0 Å². The Kier molecular flexibility index (Phi) is 8.95. The Morgan fingerprint density at radius 2 is 0.526 bits per heavy atom. The van der Waals surface area contributed by atoms with Gasteiger partial charge in [-0.25, -0.2) is 0 Å². The second-order valence-electron chi connectivity index (χ2n) is 14.6. The van der Waals surface area contributed by atoms with Gasteiger partial charge in [-0.3, -0.25) is 0 Å². The molecule has 0 saturated carbocycles. The van der Waals surface area contributed by atoms with Gasteiger partial charge < -0.3 is 4.90 Å². The topological polar surface area (TPSA) is 3.24 Å². The second-order valence-corrected chi connectivity index (χ2v) is 14.6. The third-order valence-electron chi connectivity index (χ3n) is 11.1. The fourth-order valence-corrected chi connectivity index (χ4v) is 8.04. The summed E-state index contributed by atoms with van der Waals surface area (Å²) in [5.74, 6) is 0. The average Bonchev–Trinajstić information content (AvgIpc) is 3.30. The normalized spacial score (nSPS) is 11.2. The minimum Gasteiger partial charge on any atom is -0.311 e. The van der Waals surface area contributed by atoms with Crippen molar-refractivity contribution < 1.29 is 0 Å². The molecule has 0 aliphatic rings. The fraction of sp³-hybridized carbons (Fsp3) is 0. The van der Waals surface area contributed by atoms with Crippen molar-refractivity contribution in [1.82, 2.24) is 0 Å². The van der Waals surface area contributed by atoms with Crippen LogP contribution >= 0.6 is 0 Å². The van der Waals surface area contributed by atoms with Crippen LogP contribution in [0.5, 0.6) is 0 Å². The smallest absolute Gasteiger partial charge is 0.0462 e. The summed E-state index contributed by atoms with van der Waals surface area (Å²) in [6.45, 7) is 0. The summed E-state index contributed by atoms with van der Waals surface area (Å²) in [6.07, 6.45) is 0. The van der Waals surface area contributed by atoms with E-state index >= 15 is 0 Å². The number of rotatable bonds is 8. The molecule has 0 atom stereocenters. The third-order valence-corrected chi connectivity index (χ3v) is 11.1. The van der Waals surface area contributed by atoms with Crippen molar-refractivity contribution in [2.24, 2.45) is 0 Å². The van der Waals surface area contributed by atoms with Crippen LogP contribution in [0.1, 0.15) is 0 Å². The lowest BCUT2D eigenvalue weighted by molar-refractivity contribution is 1.28. The molecule has 0 aliphatic heterocycles. The molecule has 10 rings (SSSR count). The summed E-state index contributed by atoms with van der Waals surface area (Å²) in [6, 6.07) is 85.7. The molecule has 0 saturated heterocycles. The lowest BCUT2D eigenvalue weighted by Crippen LogP contribution is -2.09. The summed E-state index contributed by atoms with van der Waals surface area (Å²) in [5.41, 5.74) is 15.3. The summed E-state index contributed by atoms with van der Waals surface area (Å²) < 4.78 is 0. The molecule has 0 aliphatic carbocycles. The predicted octanol–water partition coefficient (Wildman–Crippen LogP) is 15.8. The molecule has 0 bridgehead atoms. The van der Waals surface area contributed by atoms with E-state index in [1.54, 1.807) is 0 Å². The first-order valence-corrected chi connectivity index (χ1v) is 19.6. The maximum atomic E-state index is 2.36. The first-order chi connectivity index (χ1) is 28.2. The highest BCUT2D eigenvalue weighted by Gasteiger charge is 2.16. The van der Waals surface area contributed by atoms with Crippen molar-refractivity contribution in [3.05, 3.63) is 237 Å². The van der Waals surface area contributed by atoms with Gasteiger partial charge in [-0.1, -0.05) is 182 Å². The van der Waals surface area contributed by atoms with Crippen LogP contribution in [0, 0.1) is 0 Å². The Morgan fingerprint density at radius 1 is 0.193 bits per heavy atom. The molecule has 0 N–H and O–H groups in total. The van der Waals surface area contributed by atoms with Crippen molar-refractivity contribution in [3.63, 3.8) is 0 Å². The van der Waals surface area contributed by atoms with Gasteiger partial charge in [-0.05, 0) is 132 Å². The SMILES string of the molecule is c1ccc(-c2ccc(-c3ccccc3)c(-c3ccc(N(c4ccc(-c5ccc6ccccc6c5)cc4)c4ccc(-c5ccc6ccccc6c5)cc4)cc3)c2)cc1. The van der Waals surface area contributed by atoms with E-state index < -0.39 is 0 Å². The molecule has 10 aromatic rings. The highest BCUT2D eigenvalue weighted by Crippen LogP contribution is 2.40. The van der Waals surface area contributed by atoms with Crippen LogP contribution in [0.2, 0.25) is 0 Å². The minimum absolute atomic E-state index is 1.09. The molecule has 0 unspecified atom stereocenters. The number of anilines is 3. The number of fused-ring (bicyclic) bond motifs is 2. The zero-order chi connectivity index (χ0) is 38.0. The van der Waals surface area contributed by atoms with Gasteiger partial charge in [0, 0.05) is 17.1 Å². The van der Waals surface area contributed by atoms with Gasteiger partial charge in [0.2, 0.25) is 0 Å². The lowest BCUT2D eigenvalue weighted by Gasteiger charge is -2.26. The standard InChI is InChI=1S/C56H39N/c1-3-11-40(12-4-1)51-29-36-55(45-15-5-2-6-16-45)56(39-51)46-27-34-54(35-28-46)57(52-30-23-43(24-31-52)49-21-19-41-13-7-9-17-47(41)37-49)53-32-25-44(26-33-53)50-22-20-42-14-8-10-18-48(42)38-50/h1-39H. The first-order valence-electron chi connectivity index (χ1n) is 19.6. The molecule has 1 nitrogen and oxygen atoms in total. The summed E-state index contributed by atoms with van der Waals surface area (Å²) in [5, 5.41) is 5.00. The van der Waals surface area contributed by atoms with E-state index in [0.29, 0.717) is 0 Å². The monoisotopic (exact) mass is 725 g/mol. The largest absolute Gasteiger partial charge is 0.311 e. The number of nitrogens with zero attached hydrogens (tertiary/aromatic N) is 1. The van der Waals surface area contributed by atoms with Gasteiger partial charge in [0.05, 0.1) is 0 Å². The maximum Gasteiger partial charge on any atom is 0.0462 e. The van der Waals surface area contributed by atoms with Crippen molar-refractivity contribution in [2.45, 2.75) is 0 Å². The van der Waals surface area contributed by atoms with Gasteiger partial charge in [-0.15, -0.1) is 0 Å². The summed E-state index contributed by atoms with van der Waals surface area (Å²) >= 11 is 0. The van der Waals surface area contributed by atoms with Crippen LogP contribution in [0.15, 0.2) is 237 Å². The molecular formula is C56H39N. The first kappa shape index (κ1) is 34.0. The van der Waals surface area contributed by atoms with Gasteiger partial charge in [-0.2, -0.15) is 0 Å². The van der Waals surface area contributed by atoms with Crippen LogP contribution in [-0.4, -0.2) is 0 Å². The molecule has 268 valence electrons. The van der Waals surface area contributed by atoms with Crippen molar-refractivity contribution >= 4 is 38.6 Å². The van der Waals surface area contributed by atoms with Crippen molar-refractivity contribution in [2.75, 3.05) is 4.90 Å². The Morgan fingerprint density at radius 3 is 1.02 bits per heavy atom. The highest BCUT2D eigenvalue weighted by molar-refractivity contribution is 5.91. The third kappa shape index (κ3) is 6.88. The van der Waals surface area contributed by atoms with E-state index in [0.717, 1.165) is 17.1 Å². The summed E-state index contributed by atoms with van der Waals surface area (Å²) in [4.78, 5) is 2.36.